The molecule has 0 aliphatic heterocycles. The van der Waals surface area contributed by atoms with Crippen molar-refractivity contribution >= 4 is 41.7 Å². The highest BCUT2D eigenvalue weighted by molar-refractivity contribution is 14.0. The van der Waals surface area contributed by atoms with Crippen molar-refractivity contribution in [3.63, 3.8) is 0 Å². The van der Waals surface area contributed by atoms with Gasteiger partial charge in [-0.25, -0.2) is 0 Å². The van der Waals surface area contributed by atoms with E-state index in [4.69, 9.17) is 5.73 Å². The van der Waals surface area contributed by atoms with Crippen LogP contribution in [0.5, 0.6) is 0 Å². The second-order valence-corrected chi connectivity index (χ2v) is 6.70. The van der Waals surface area contributed by atoms with E-state index in [2.05, 4.69) is 52.8 Å². The Morgan fingerprint density at radius 1 is 1.35 bits per heavy atom. The lowest BCUT2D eigenvalue weighted by atomic mass is 10.2. The zero-order valence-electron chi connectivity index (χ0n) is 14.9. The van der Waals surface area contributed by atoms with Gasteiger partial charge in [0.05, 0.1) is 0 Å². The number of guanidine groups is 1. The Balaban J connectivity index is 0.00000484. The highest BCUT2D eigenvalue weighted by Crippen LogP contribution is 2.16. The minimum atomic E-state index is 0. The van der Waals surface area contributed by atoms with Gasteiger partial charge in [0.1, 0.15) is 5.82 Å². The number of hydrogen-bond acceptors (Lipinski definition) is 4. The van der Waals surface area contributed by atoms with E-state index in [1.54, 1.807) is 11.8 Å². The van der Waals surface area contributed by atoms with E-state index in [-0.39, 0.29) is 24.0 Å². The second kappa shape index (κ2) is 11.9. The summed E-state index contributed by atoms with van der Waals surface area (Å²) in [6, 6.07) is 0.363. The molecule has 0 aliphatic rings. The fraction of sp³-hybridized carbons (Fsp3) is 0.800. The molecule has 0 amide bonds. The van der Waals surface area contributed by atoms with Crippen LogP contribution in [-0.2, 0) is 13.0 Å². The van der Waals surface area contributed by atoms with E-state index < -0.39 is 0 Å². The predicted octanol–water partition coefficient (Wildman–Crippen LogP) is 2.91. The molecule has 1 unspecified atom stereocenters. The number of nitrogens with zero attached hydrogens (tertiary/aromatic N) is 4. The molecule has 1 heterocycles. The Kier molecular flexibility index (Phi) is 11.7. The summed E-state index contributed by atoms with van der Waals surface area (Å²) in [6.45, 7) is 10.3. The molecule has 1 rings (SSSR count). The number of aliphatic imine (C=N–C) groups is 1. The average Bonchev–Trinajstić information content (AvgIpc) is 2.84. The normalized spacial score (nSPS) is 13.0. The molecule has 0 saturated carbocycles. The van der Waals surface area contributed by atoms with Crippen molar-refractivity contribution in [2.24, 2.45) is 16.6 Å². The van der Waals surface area contributed by atoms with Crippen LogP contribution < -0.4 is 11.1 Å². The molecule has 0 bridgehead atoms. The van der Waals surface area contributed by atoms with Gasteiger partial charge in [0.15, 0.2) is 11.1 Å². The number of aromatic nitrogens is 3. The summed E-state index contributed by atoms with van der Waals surface area (Å²) < 4.78 is 2.22. The van der Waals surface area contributed by atoms with Crippen LogP contribution in [0.15, 0.2) is 10.1 Å². The van der Waals surface area contributed by atoms with Gasteiger partial charge in [-0.3, -0.25) is 4.99 Å². The Hall–Kier alpha value is -0.510. The van der Waals surface area contributed by atoms with Gasteiger partial charge in [-0.05, 0) is 31.9 Å². The van der Waals surface area contributed by atoms with Crippen LogP contribution in [0.25, 0.3) is 0 Å². The van der Waals surface area contributed by atoms with Crippen LogP contribution >= 0.6 is 35.7 Å². The fourth-order valence-corrected chi connectivity index (χ4v) is 2.56. The first-order valence-electron chi connectivity index (χ1n) is 8.00. The molecule has 6 nitrogen and oxygen atoms in total. The molecule has 0 saturated heterocycles. The van der Waals surface area contributed by atoms with Gasteiger partial charge >= 0.3 is 0 Å². The molecule has 0 fully saturated rings. The van der Waals surface area contributed by atoms with Crippen molar-refractivity contribution in [1.29, 1.82) is 0 Å². The first-order chi connectivity index (χ1) is 10.5. The summed E-state index contributed by atoms with van der Waals surface area (Å²) in [7, 11) is 0. The zero-order chi connectivity index (χ0) is 16.5. The number of hydrogen-bond donors (Lipinski definition) is 2. The molecule has 0 spiro atoms. The number of aryl methyl sites for hydroxylation is 1. The summed E-state index contributed by atoms with van der Waals surface area (Å²) in [5.74, 6) is 2.15. The number of nitrogens with one attached hydrogen (secondary N) is 1. The standard InChI is InChI=1S/C15H30N6S.HI/c1-6-12(4)18-14(16)17-9-7-8-13-19-20-15(22-5)21(13)10-11(2)3;/h11-12H,6-10H2,1-5H3,(H3,16,17,18);1H. The molecule has 3 N–H and O–H groups in total. The van der Waals surface area contributed by atoms with Crippen LogP contribution in [0.1, 0.15) is 46.4 Å². The molecule has 23 heavy (non-hydrogen) atoms. The maximum Gasteiger partial charge on any atom is 0.190 e. The molecule has 8 heteroatoms. The Morgan fingerprint density at radius 3 is 2.61 bits per heavy atom. The van der Waals surface area contributed by atoms with Crippen molar-refractivity contribution in [3.8, 4) is 0 Å². The van der Waals surface area contributed by atoms with Gasteiger partial charge in [0.25, 0.3) is 0 Å². The molecule has 1 aromatic heterocycles. The van der Waals surface area contributed by atoms with Gasteiger partial charge in [0.2, 0.25) is 0 Å². The Morgan fingerprint density at radius 2 is 2.04 bits per heavy atom. The summed E-state index contributed by atoms with van der Waals surface area (Å²) in [6.07, 6.45) is 4.87. The number of thioether (sulfide) groups is 1. The van der Waals surface area contributed by atoms with E-state index in [0.29, 0.717) is 24.5 Å². The minimum absolute atomic E-state index is 0. The fourth-order valence-electron chi connectivity index (χ4n) is 2.04. The summed E-state index contributed by atoms with van der Waals surface area (Å²) in [4.78, 5) is 4.37. The molecule has 0 aliphatic carbocycles. The van der Waals surface area contributed by atoms with Gasteiger partial charge in [-0.2, -0.15) is 0 Å². The smallest absolute Gasteiger partial charge is 0.190 e. The van der Waals surface area contributed by atoms with Gasteiger partial charge in [-0.15, -0.1) is 34.2 Å². The lowest BCUT2D eigenvalue weighted by molar-refractivity contribution is 0.477. The minimum Gasteiger partial charge on any atom is -0.370 e. The third kappa shape index (κ3) is 8.23. The second-order valence-electron chi connectivity index (χ2n) is 5.93. The van der Waals surface area contributed by atoms with Gasteiger partial charge in [0, 0.05) is 25.6 Å². The SMILES string of the molecule is CCC(C)NC(N)=NCCCc1nnc(SC)n1CC(C)C.I. The Labute approximate surface area is 161 Å². The summed E-state index contributed by atoms with van der Waals surface area (Å²) in [5.41, 5.74) is 5.85. The average molecular weight is 454 g/mol. The molecule has 1 atom stereocenters. The highest BCUT2D eigenvalue weighted by Gasteiger charge is 2.12. The Bertz CT molecular complexity index is 475. The quantitative estimate of drug-likeness (QED) is 0.197. The van der Waals surface area contributed by atoms with E-state index >= 15 is 0 Å². The van der Waals surface area contributed by atoms with E-state index in [1.165, 1.54) is 0 Å². The molecule has 1 aromatic rings. The maximum atomic E-state index is 5.85. The number of halogens is 1. The largest absolute Gasteiger partial charge is 0.370 e. The molecule has 134 valence electrons. The van der Waals surface area contributed by atoms with Crippen molar-refractivity contribution in [3.05, 3.63) is 5.82 Å². The number of nitrogens with two attached hydrogens (primary N) is 1. The molecular weight excluding hydrogens is 423 g/mol. The van der Waals surface area contributed by atoms with Crippen LogP contribution in [-0.4, -0.2) is 39.6 Å². The maximum absolute atomic E-state index is 5.85. The van der Waals surface area contributed by atoms with Gasteiger partial charge in [-0.1, -0.05) is 32.5 Å². The summed E-state index contributed by atoms with van der Waals surface area (Å²) in [5, 5.41) is 12.7. The van der Waals surface area contributed by atoms with E-state index in [1.807, 2.05) is 6.26 Å². The third-order valence-electron chi connectivity index (χ3n) is 3.37. The van der Waals surface area contributed by atoms with Crippen LogP contribution in [0.4, 0.5) is 0 Å². The van der Waals surface area contributed by atoms with Crippen molar-refractivity contribution in [2.75, 3.05) is 12.8 Å². The van der Waals surface area contributed by atoms with Crippen molar-refractivity contribution in [1.82, 2.24) is 20.1 Å². The van der Waals surface area contributed by atoms with E-state index in [0.717, 1.165) is 36.8 Å². The predicted molar refractivity (Wildman–Crippen MR) is 110 cm³/mol. The first kappa shape index (κ1) is 22.5. The van der Waals surface area contributed by atoms with Gasteiger partial charge < -0.3 is 15.6 Å². The monoisotopic (exact) mass is 454 g/mol. The topological polar surface area (TPSA) is 81.1 Å². The molecule has 0 aromatic carbocycles. The summed E-state index contributed by atoms with van der Waals surface area (Å²) >= 11 is 1.64. The highest BCUT2D eigenvalue weighted by atomic mass is 127. The number of rotatable bonds is 9. The van der Waals surface area contributed by atoms with Crippen LogP contribution in [0.2, 0.25) is 0 Å². The lowest BCUT2D eigenvalue weighted by Gasteiger charge is -2.12. The van der Waals surface area contributed by atoms with Crippen molar-refractivity contribution < 1.29 is 0 Å². The molecular formula is C15H31IN6S. The van der Waals surface area contributed by atoms with Crippen LogP contribution in [0, 0.1) is 5.92 Å². The lowest BCUT2D eigenvalue weighted by Crippen LogP contribution is -2.38. The van der Waals surface area contributed by atoms with Crippen LogP contribution in [0.3, 0.4) is 0 Å². The van der Waals surface area contributed by atoms with E-state index in [9.17, 15) is 0 Å². The zero-order valence-corrected chi connectivity index (χ0v) is 18.0. The third-order valence-corrected chi connectivity index (χ3v) is 4.04. The first-order valence-corrected chi connectivity index (χ1v) is 9.22. The van der Waals surface area contributed by atoms with Crippen molar-refractivity contribution in [2.45, 2.75) is 64.7 Å². The molecule has 0 radical (unpaired) electrons.